The van der Waals surface area contributed by atoms with Gasteiger partial charge in [0.25, 0.3) is 0 Å². The van der Waals surface area contributed by atoms with Gasteiger partial charge < -0.3 is 39.1 Å². The van der Waals surface area contributed by atoms with Gasteiger partial charge in [0.05, 0.1) is 37.3 Å². The first-order chi connectivity index (χ1) is 18.3. The SMILES string of the molecule is CCC1(COC(=O)OCC2(CC)COC3(CC(C)(C)NC(C)(C)C3)OC2)COC2(CC(C)(C)NC(C)(C)C2)OC1. The molecule has 0 saturated carbocycles. The third kappa shape index (κ3) is 7.32. The molecule has 0 radical (unpaired) electrons. The van der Waals surface area contributed by atoms with Crippen molar-refractivity contribution in [2.45, 2.75) is 141 Å². The molecule has 9 nitrogen and oxygen atoms in total. The molecule has 0 aromatic heterocycles. The Labute approximate surface area is 242 Å². The fourth-order valence-electron chi connectivity index (χ4n) is 7.79. The van der Waals surface area contributed by atoms with Crippen LogP contribution in [-0.2, 0) is 28.4 Å². The van der Waals surface area contributed by atoms with Crippen molar-refractivity contribution in [2.75, 3.05) is 39.6 Å². The van der Waals surface area contributed by atoms with Gasteiger partial charge in [-0.1, -0.05) is 13.8 Å². The van der Waals surface area contributed by atoms with Crippen molar-refractivity contribution < 1.29 is 33.2 Å². The number of hydrogen-bond acceptors (Lipinski definition) is 9. The highest BCUT2D eigenvalue weighted by atomic mass is 16.7. The summed E-state index contributed by atoms with van der Waals surface area (Å²) in [5.74, 6) is -1.25. The molecule has 0 aromatic carbocycles. The van der Waals surface area contributed by atoms with Crippen molar-refractivity contribution in [1.29, 1.82) is 0 Å². The molecule has 0 atom stereocenters. The molecule has 0 aliphatic carbocycles. The fraction of sp³-hybridized carbons (Fsp3) is 0.968. The molecule has 4 aliphatic rings. The van der Waals surface area contributed by atoms with E-state index in [1.165, 1.54) is 0 Å². The van der Waals surface area contributed by atoms with Crippen molar-refractivity contribution in [1.82, 2.24) is 10.6 Å². The lowest BCUT2D eigenvalue weighted by Crippen LogP contribution is -2.67. The second kappa shape index (κ2) is 10.6. The van der Waals surface area contributed by atoms with Gasteiger partial charge in [-0.3, -0.25) is 0 Å². The summed E-state index contributed by atoms with van der Waals surface area (Å²) in [6, 6.07) is 0. The molecule has 0 aromatic rings. The molecule has 4 saturated heterocycles. The highest BCUT2D eigenvalue weighted by Crippen LogP contribution is 2.46. The summed E-state index contributed by atoms with van der Waals surface area (Å²) in [6.07, 6.45) is 3.93. The molecule has 2 spiro atoms. The van der Waals surface area contributed by atoms with Gasteiger partial charge in [0, 0.05) is 47.8 Å². The molecule has 9 heteroatoms. The number of piperidine rings is 2. The van der Waals surface area contributed by atoms with E-state index in [2.05, 4.69) is 79.9 Å². The number of nitrogens with one attached hydrogen (secondary N) is 2. The molecule has 4 rings (SSSR count). The minimum absolute atomic E-state index is 0.101. The molecule has 4 aliphatic heterocycles. The van der Waals surface area contributed by atoms with E-state index in [0.717, 1.165) is 38.5 Å². The Hall–Kier alpha value is -0.970. The Balaban J connectivity index is 1.28. The Morgan fingerprint density at radius 3 is 1.10 bits per heavy atom. The largest absolute Gasteiger partial charge is 0.508 e. The molecule has 0 bridgehead atoms. The van der Waals surface area contributed by atoms with Crippen LogP contribution in [0.1, 0.15) is 108 Å². The average Bonchev–Trinajstić information content (AvgIpc) is 2.80. The maximum atomic E-state index is 12.8. The molecule has 0 unspecified atom stereocenters. The lowest BCUT2D eigenvalue weighted by atomic mass is 9.77. The van der Waals surface area contributed by atoms with Gasteiger partial charge in [-0.25, -0.2) is 4.79 Å². The zero-order valence-electron chi connectivity index (χ0n) is 26.8. The first kappa shape index (κ1) is 32.0. The van der Waals surface area contributed by atoms with Crippen molar-refractivity contribution in [3.8, 4) is 0 Å². The number of carbonyl (C=O) groups is 1. The minimum Gasteiger partial charge on any atom is -0.434 e. The van der Waals surface area contributed by atoms with Crippen LogP contribution in [0.15, 0.2) is 0 Å². The summed E-state index contributed by atoms with van der Waals surface area (Å²) in [7, 11) is 0. The molecule has 232 valence electrons. The lowest BCUT2D eigenvalue weighted by Gasteiger charge is -2.55. The maximum absolute atomic E-state index is 12.8. The normalized spacial score (nSPS) is 30.4. The minimum atomic E-state index is -0.672. The number of rotatable bonds is 6. The number of ether oxygens (including phenoxy) is 6. The summed E-state index contributed by atoms with van der Waals surface area (Å²) < 4.78 is 37.1. The van der Waals surface area contributed by atoms with Crippen molar-refractivity contribution >= 4 is 6.16 Å². The molecular weight excluding hydrogens is 512 g/mol. The second-order valence-electron chi connectivity index (χ2n) is 16.0. The Morgan fingerprint density at radius 1 is 0.575 bits per heavy atom. The van der Waals surface area contributed by atoms with E-state index < -0.39 is 28.6 Å². The molecule has 40 heavy (non-hydrogen) atoms. The van der Waals surface area contributed by atoms with E-state index in [1.807, 2.05) is 0 Å². The van der Waals surface area contributed by atoms with Crippen LogP contribution in [0.3, 0.4) is 0 Å². The fourth-order valence-corrected chi connectivity index (χ4v) is 7.79. The first-order valence-electron chi connectivity index (χ1n) is 15.2. The van der Waals surface area contributed by atoms with Crippen molar-refractivity contribution in [3.05, 3.63) is 0 Å². The van der Waals surface area contributed by atoms with Gasteiger partial charge in [-0.2, -0.15) is 0 Å². The Bertz CT molecular complexity index is 805. The second-order valence-corrected chi connectivity index (χ2v) is 16.0. The molecule has 4 fully saturated rings. The molecule has 2 N–H and O–H groups in total. The highest BCUT2D eigenvalue weighted by Gasteiger charge is 2.55. The van der Waals surface area contributed by atoms with Crippen LogP contribution in [0.4, 0.5) is 4.79 Å². The summed E-state index contributed by atoms with van der Waals surface area (Å²) in [5, 5.41) is 7.37. The zero-order chi connectivity index (χ0) is 29.7. The van der Waals surface area contributed by atoms with Crippen LogP contribution in [0.2, 0.25) is 0 Å². The predicted molar refractivity (Wildman–Crippen MR) is 153 cm³/mol. The molecule has 0 amide bonds. The number of hydrogen-bond donors (Lipinski definition) is 2. The van der Waals surface area contributed by atoms with Crippen LogP contribution < -0.4 is 10.6 Å². The van der Waals surface area contributed by atoms with E-state index >= 15 is 0 Å². The first-order valence-corrected chi connectivity index (χ1v) is 15.2. The quantitative estimate of drug-likeness (QED) is 0.414. The van der Waals surface area contributed by atoms with E-state index in [4.69, 9.17) is 28.4 Å². The topological polar surface area (TPSA) is 96.5 Å². The third-order valence-corrected chi connectivity index (χ3v) is 9.26. The van der Waals surface area contributed by atoms with Crippen LogP contribution in [0.5, 0.6) is 0 Å². The summed E-state index contributed by atoms with van der Waals surface area (Å²) in [4.78, 5) is 12.8. The van der Waals surface area contributed by atoms with Gasteiger partial charge in [0.2, 0.25) is 0 Å². The lowest BCUT2D eigenvalue weighted by molar-refractivity contribution is -0.333. The van der Waals surface area contributed by atoms with E-state index in [1.54, 1.807) is 0 Å². The maximum Gasteiger partial charge on any atom is 0.508 e. The van der Waals surface area contributed by atoms with Crippen LogP contribution in [0.25, 0.3) is 0 Å². The van der Waals surface area contributed by atoms with E-state index in [-0.39, 0.29) is 35.4 Å². The van der Waals surface area contributed by atoms with Crippen molar-refractivity contribution in [3.63, 3.8) is 0 Å². The Kier molecular flexibility index (Phi) is 8.49. The predicted octanol–water partition coefficient (Wildman–Crippen LogP) is 5.30. The van der Waals surface area contributed by atoms with Crippen molar-refractivity contribution in [2.24, 2.45) is 10.8 Å². The van der Waals surface area contributed by atoms with Gasteiger partial charge in [0.15, 0.2) is 11.6 Å². The summed E-state index contributed by atoms with van der Waals surface area (Å²) in [6.45, 7) is 23.9. The zero-order valence-corrected chi connectivity index (χ0v) is 26.8. The van der Waals surface area contributed by atoms with Crippen LogP contribution >= 0.6 is 0 Å². The van der Waals surface area contributed by atoms with E-state index in [9.17, 15) is 4.79 Å². The monoisotopic (exact) mass is 568 g/mol. The molecular formula is C31H56N2O7. The third-order valence-electron chi connectivity index (χ3n) is 9.26. The van der Waals surface area contributed by atoms with Crippen LogP contribution in [-0.4, -0.2) is 79.5 Å². The standard InChI is InChI=1S/C31H56N2O7/c1-11-28(19-37-30(38-20-28)13-24(3,4)32-25(5,6)14-30)17-35-23(34)36-18-29(12-2)21-39-31(40-22-29)15-26(7,8)33-27(9,10)16-31/h32-33H,11-22H2,1-10H3. The van der Waals surface area contributed by atoms with Gasteiger partial charge >= 0.3 is 6.16 Å². The van der Waals surface area contributed by atoms with Crippen LogP contribution in [0, 0.1) is 10.8 Å². The summed E-state index contributed by atoms with van der Waals surface area (Å²) >= 11 is 0. The Morgan fingerprint density at radius 2 is 0.850 bits per heavy atom. The smallest absolute Gasteiger partial charge is 0.434 e. The highest BCUT2D eigenvalue weighted by molar-refractivity contribution is 5.59. The summed E-state index contributed by atoms with van der Waals surface area (Å²) in [5.41, 5.74) is -1.20. The van der Waals surface area contributed by atoms with Gasteiger partial charge in [-0.05, 0) is 68.2 Å². The van der Waals surface area contributed by atoms with Gasteiger partial charge in [0.1, 0.15) is 13.2 Å². The van der Waals surface area contributed by atoms with Gasteiger partial charge in [-0.15, -0.1) is 0 Å². The number of carbonyl (C=O) groups excluding carboxylic acids is 1. The average molecular weight is 569 g/mol. The van der Waals surface area contributed by atoms with E-state index in [0.29, 0.717) is 26.4 Å². The molecule has 4 heterocycles.